The topological polar surface area (TPSA) is 109 Å². The lowest BCUT2D eigenvalue weighted by atomic mass is 10.0. The molecule has 0 spiro atoms. The first-order valence-corrected chi connectivity index (χ1v) is 7.73. The molecule has 2 heterocycles. The van der Waals surface area contributed by atoms with Crippen molar-refractivity contribution in [3.8, 4) is 22.9 Å². The molecule has 3 aromatic rings. The van der Waals surface area contributed by atoms with Crippen LogP contribution < -0.4 is 10.4 Å². The second kappa shape index (κ2) is 6.68. The molecule has 0 radical (unpaired) electrons. The van der Waals surface area contributed by atoms with E-state index in [2.05, 4.69) is 26.7 Å². The van der Waals surface area contributed by atoms with Gasteiger partial charge in [0.05, 0.1) is 13.2 Å². The average Bonchev–Trinajstić information content (AvgIpc) is 3.25. The summed E-state index contributed by atoms with van der Waals surface area (Å²) < 4.78 is 7.16. The second-order valence-corrected chi connectivity index (χ2v) is 5.58. The van der Waals surface area contributed by atoms with E-state index in [4.69, 9.17) is 4.74 Å². The summed E-state index contributed by atoms with van der Waals surface area (Å²) in [6.07, 6.45) is 5.68. The molecule has 0 aliphatic rings. The van der Waals surface area contributed by atoms with Crippen LogP contribution in [0, 0.1) is 0 Å². The van der Waals surface area contributed by atoms with E-state index in [9.17, 15) is 9.90 Å². The summed E-state index contributed by atoms with van der Waals surface area (Å²) >= 11 is 0. The number of hydrogen-bond acceptors (Lipinski definition) is 5. The van der Waals surface area contributed by atoms with Crippen LogP contribution in [0.2, 0.25) is 0 Å². The van der Waals surface area contributed by atoms with E-state index in [1.807, 2.05) is 17.6 Å². The van der Waals surface area contributed by atoms with Crippen molar-refractivity contribution in [2.24, 2.45) is 0 Å². The van der Waals surface area contributed by atoms with Gasteiger partial charge in [-0.2, -0.15) is 5.10 Å². The molecule has 0 aliphatic heterocycles. The molecule has 0 fully saturated rings. The van der Waals surface area contributed by atoms with E-state index in [-0.39, 0.29) is 17.5 Å². The van der Waals surface area contributed by atoms with Gasteiger partial charge in [-0.3, -0.25) is 4.98 Å². The predicted molar refractivity (Wildman–Crippen MR) is 92.8 cm³/mol. The minimum atomic E-state index is -0.358. The maximum atomic E-state index is 11.3. The maximum absolute atomic E-state index is 11.3. The maximum Gasteiger partial charge on any atom is 0.340 e. The molecule has 3 rings (SSSR count). The van der Waals surface area contributed by atoms with Crippen molar-refractivity contribution in [2.75, 3.05) is 7.11 Å². The molecular weight excluding hydrogens is 322 g/mol. The van der Waals surface area contributed by atoms with E-state index in [1.165, 1.54) is 7.11 Å². The SMILES string of the molecule is C=CCc1cc(-c2nccn2[C@@H](C)c2n[nH]c(=O)[nH]2)cc(OC)c1O. The molecule has 8 heteroatoms. The summed E-state index contributed by atoms with van der Waals surface area (Å²) in [7, 11) is 1.50. The number of phenolic OH excluding ortho intramolecular Hbond substituents is 1. The first-order valence-electron chi connectivity index (χ1n) is 7.73. The number of imidazole rings is 1. The van der Waals surface area contributed by atoms with E-state index < -0.39 is 0 Å². The molecule has 8 nitrogen and oxygen atoms in total. The Morgan fingerprint density at radius 1 is 1.48 bits per heavy atom. The number of aromatic amines is 2. The summed E-state index contributed by atoms with van der Waals surface area (Å²) in [5.41, 5.74) is 1.11. The Labute approximate surface area is 143 Å². The van der Waals surface area contributed by atoms with E-state index in [0.29, 0.717) is 29.4 Å². The summed E-state index contributed by atoms with van der Waals surface area (Å²) in [4.78, 5) is 18.4. The molecule has 0 aliphatic carbocycles. The highest BCUT2D eigenvalue weighted by Gasteiger charge is 2.19. The van der Waals surface area contributed by atoms with Crippen LogP contribution in [-0.2, 0) is 6.42 Å². The lowest BCUT2D eigenvalue weighted by Crippen LogP contribution is -2.11. The number of aromatic hydroxyl groups is 1. The van der Waals surface area contributed by atoms with Gasteiger partial charge in [0.2, 0.25) is 0 Å². The van der Waals surface area contributed by atoms with Crippen LogP contribution in [0.15, 0.2) is 42.0 Å². The van der Waals surface area contributed by atoms with Gasteiger partial charge in [-0.1, -0.05) is 6.08 Å². The first-order chi connectivity index (χ1) is 12.0. The van der Waals surface area contributed by atoms with E-state index in [0.717, 1.165) is 5.56 Å². The van der Waals surface area contributed by atoms with Crippen molar-refractivity contribution in [1.82, 2.24) is 24.7 Å². The Morgan fingerprint density at radius 3 is 2.92 bits per heavy atom. The number of hydrogen-bond donors (Lipinski definition) is 3. The van der Waals surface area contributed by atoms with E-state index >= 15 is 0 Å². The fraction of sp³-hybridized carbons (Fsp3) is 0.235. The Balaban J connectivity index is 2.09. The smallest absolute Gasteiger partial charge is 0.340 e. The highest BCUT2D eigenvalue weighted by molar-refractivity contribution is 5.64. The second-order valence-electron chi connectivity index (χ2n) is 5.58. The summed E-state index contributed by atoms with van der Waals surface area (Å²) in [5, 5.41) is 16.6. The normalized spacial score (nSPS) is 12.1. The van der Waals surface area contributed by atoms with Crippen LogP contribution >= 0.6 is 0 Å². The van der Waals surface area contributed by atoms with Gasteiger partial charge in [0, 0.05) is 23.5 Å². The van der Waals surface area contributed by atoms with Crippen LogP contribution in [0.3, 0.4) is 0 Å². The number of benzene rings is 1. The number of nitrogens with one attached hydrogen (secondary N) is 2. The molecule has 0 saturated carbocycles. The molecular formula is C17H19N5O3. The molecule has 0 amide bonds. The van der Waals surface area contributed by atoms with Gasteiger partial charge in [0.1, 0.15) is 5.82 Å². The van der Waals surface area contributed by atoms with Crippen molar-refractivity contribution in [3.63, 3.8) is 0 Å². The zero-order chi connectivity index (χ0) is 18.0. The third-order valence-corrected chi connectivity index (χ3v) is 4.00. The number of aromatic nitrogens is 5. The summed E-state index contributed by atoms with van der Waals surface area (Å²) in [6.45, 7) is 5.62. The zero-order valence-electron chi connectivity index (χ0n) is 14.0. The van der Waals surface area contributed by atoms with Gasteiger partial charge in [-0.15, -0.1) is 6.58 Å². The molecule has 0 bridgehead atoms. The molecule has 25 heavy (non-hydrogen) atoms. The van der Waals surface area contributed by atoms with Crippen LogP contribution in [0.1, 0.15) is 24.4 Å². The molecule has 3 N–H and O–H groups in total. The van der Waals surface area contributed by atoms with Crippen molar-refractivity contribution in [3.05, 3.63) is 59.1 Å². The predicted octanol–water partition coefficient (Wildman–Crippen LogP) is 2.01. The van der Waals surface area contributed by atoms with Crippen LogP contribution in [0.4, 0.5) is 0 Å². The highest BCUT2D eigenvalue weighted by atomic mass is 16.5. The number of rotatable bonds is 6. The number of methoxy groups -OCH3 is 1. The molecule has 0 saturated heterocycles. The Hall–Kier alpha value is -3.29. The Morgan fingerprint density at radius 2 is 2.28 bits per heavy atom. The van der Waals surface area contributed by atoms with Crippen molar-refractivity contribution in [1.29, 1.82) is 0 Å². The number of phenols is 1. The van der Waals surface area contributed by atoms with Crippen molar-refractivity contribution in [2.45, 2.75) is 19.4 Å². The van der Waals surface area contributed by atoms with E-state index in [1.54, 1.807) is 24.5 Å². The number of nitrogens with zero attached hydrogens (tertiary/aromatic N) is 3. The molecule has 1 aromatic carbocycles. The van der Waals surface area contributed by atoms with Crippen molar-refractivity contribution >= 4 is 0 Å². The molecule has 130 valence electrons. The quantitative estimate of drug-likeness (QED) is 0.594. The van der Waals surface area contributed by atoms with Gasteiger partial charge >= 0.3 is 5.69 Å². The monoisotopic (exact) mass is 341 g/mol. The first kappa shape index (κ1) is 16.6. The molecule has 2 aromatic heterocycles. The minimum absolute atomic E-state index is 0.0916. The van der Waals surface area contributed by atoms with Gasteiger partial charge < -0.3 is 14.4 Å². The Kier molecular flexibility index (Phi) is 4.42. The largest absolute Gasteiger partial charge is 0.504 e. The zero-order valence-corrected chi connectivity index (χ0v) is 14.0. The van der Waals surface area contributed by atoms with Crippen LogP contribution in [0.25, 0.3) is 11.4 Å². The number of allylic oxidation sites excluding steroid dienone is 1. The van der Waals surface area contributed by atoms with Gasteiger partial charge in [-0.05, 0) is 25.5 Å². The standard InChI is InChI=1S/C17H19N5O3/c1-4-5-11-8-12(9-13(25-3)14(11)23)16-18-6-7-22(16)10(2)15-19-17(24)21-20-15/h4,6-10,23H,1,5H2,2-3H3,(H2,19,20,21,24)/t10-/m0/s1. The van der Waals surface area contributed by atoms with Gasteiger partial charge in [0.25, 0.3) is 0 Å². The fourth-order valence-electron chi connectivity index (χ4n) is 2.72. The highest BCUT2D eigenvalue weighted by Crippen LogP contribution is 2.36. The summed E-state index contributed by atoms with van der Waals surface area (Å²) in [5.74, 6) is 1.62. The lowest BCUT2D eigenvalue weighted by molar-refractivity contribution is 0.371. The molecule has 1 atom stereocenters. The molecule has 0 unspecified atom stereocenters. The van der Waals surface area contributed by atoms with Crippen LogP contribution in [0.5, 0.6) is 11.5 Å². The average molecular weight is 341 g/mol. The lowest BCUT2D eigenvalue weighted by Gasteiger charge is -2.16. The number of H-pyrrole nitrogens is 2. The Bertz CT molecular complexity index is 953. The third-order valence-electron chi connectivity index (χ3n) is 4.00. The number of ether oxygens (including phenoxy) is 1. The van der Waals surface area contributed by atoms with Gasteiger partial charge in [0.15, 0.2) is 17.3 Å². The summed E-state index contributed by atoms with van der Waals surface area (Å²) in [6, 6.07) is 3.33. The van der Waals surface area contributed by atoms with Gasteiger partial charge in [-0.25, -0.2) is 14.9 Å². The minimum Gasteiger partial charge on any atom is -0.504 e. The van der Waals surface area contributed by atoms with Crippen molar-refractivity contribution < 1.29 is 9.84 Å². The van der Waals surface area contributed by atoms with Crippen LogP contribution in [-0.4, -0.2) is 36.9 Å². The fourth-order valence-corrected chi connectivity index (χ4v) is 2.72. The third kappa shape index (κ3) is 3.06.